The van der Waals surface area contributed by atoms with Crippen LogP contribution in [0, 0.1) is 0 Å². The molecule has 1 fully saturated rings. The molecular formula is C13H17N5O3. The first-order valence-corrected chi connectivity index (χ1v) is 7.15. The van der Waals surface area contributed by atoms with Gasteiger partial charge in [0.2, 0.25) is 0 Å². The maximum atomic E-state index is 9.86. The summed E-state index contributed by atoms with van der Waals surface area (Å²) < 4.78 is 7.47. The summed E-state index contributed by atoms with van der Waals surface area (Å²) in [4.78, 5) is 15.4. The summed E-state index contributed by atoms with van der Waals surface area (Å²) in [6.07, 6.45) is 3.29. The predicted octanol–water partition coefficient (Wildman–Crippen LogP) is -0.351. The van der Waals surface area contributed by atoms with Crippen molar-refractivity contribution < 1.29 is 14.9 Å². The van der Waals surface area contributed by atoms with Crippen LogP contribution in [-0.2, 0) is 4.74 Å². The summed E-state index contributed by atoms with van der Waals surface area (Å²) in [6, 6.07) is 0. The highest BCUT2D eigenvalue weighted by atomic mass is 16.5. The monoisotopic (exact) mass is 291 g/mol. The van der Waals surface area contributed by atoms with Crippen molar-refractivity contribution in [3.05, 3.63) is 12.0 Å². The number of imidazole rings is 1. The standard InChI is InChI=1S/C13H17N5O3/c19-5-9-8(20)4-10(21-9)18-7-15-11-12-14-2-1-3-17(12)6-16-13(11)18/h6-10,19-20H,1-5H2/t8-,9+,10+/m0/s1. The molecule has 21 heavy (non-hydrogen) atoms. The van der Waals surface area contributed by atoms with Crippen molar-refractivity contribution >= 4 is 18.0 Å². The van der Waals surface area contributed by atoms with Crippen LogP contribution in [0.4, 0.5) is 5.82 Å². The molecule has 0 bridgehead atoms. The van der Waals surface area contributed by atoms with E-state index in [0.29, 0.717) is 12.2 Å². The van der Waals surface area contributed by atoms with E-state index in [-0.39, 0.29) is 12.8 Å². The molecule has 2 N–H and O–H groups in total. The zero-order valence-electron chi connectivity index (χ0n) is 11.5. The number of hydrogen-bond acceptors (Lipinski definition) is 7. The molecule has 3 aliphatic rings. The van der Waals surface area contributed by atoms with Crippen LogP contribution in [0.3, 0.4) is 0 Å². The lowest BCUT2D eigenvalue weighted by Gasteiger charge is -2.27. The fourth-order valence-electron chi connectivity index (χ4n) is 2.97. The molecule has 0 aliphatic carbocycles. The summed E-state index contributed by atoms with van der Waals surface area (Å²) in [5, 5.41) is 19.0. The topological polar surface area (TPSA) is 95.5 Å². The van der Waals surface area contributed by atoms with E-state index in [9.17, 15) is 10.2 Å². The molecule has 0 radical (unpaired) electrons. The molecule has 0 amide bonds. The lowest BCUT2D eigenvalue weighted by molar-refractivity contribution is -0.0438. The Kier molecular flexibility index (Phi) is 3.02. The van der Waals surface area contributed by atoms with Gasteiger partial charge in [-0.3, -0.25) is 9.56 Å². The lowest BCUT2D eigenvalue weighted by atomic mass is 10.2. The quantitative estimate of drug-likeness (QED) is 0.776. The Hall–Kier alpha value is -1.77. The zero-order valence-corrected chi connectivity index (χ0v) is 11.5. The largest absolute Gasteiger partial charge is 0.394 e. The maximum Gasteiger partial charge on any atom is 0.167 e. The first kappa shape index (κ1) is 12.9. The minimum Gasteiger partial charge on any atom is -0.394 e. The van der Waals surface area contributed by atoms with Crippen LogP contribution in [0.2, 0.25) is 0 Å². The van der Waals surface area contributed by atoms with E-state index >= 15 is 0 Å². The Morgan fingerprint density at radius 1 is 1.43 bits per heavy atom. The van der Waals surface area contributed by atoms with Crippen molar-refractivity contribution in [3.8, 4) is 0 Å². The molecule has 0 saturated carbocycles. The van der Waals surface area contributed by atoms with Gasteiger partial charge < -0.3 is 19.8 Å². The van der Waals surface area contributed by atoms with Crippen LogP contribution in [0.15, 0.2) is 16.3 Å². The smallest absolute Gasteiger partial charge is 0.167 e. The van der Waals surface area contributed by atoms with Gasteiger partial charge in [0.1, 0.15) is 12.3 Å². The number of aliphatic hydroxyl groups excluding tert-OH is 2. The van der Waals surface area contributed by atoms with Crippen LogP contribution in [0.25, 0.3) is 0 Å². The molecule has 1 aromatic rings. The van der Waals surface area contributed by atoms with Crippen molar-refractivity contribution in [1.82, 2.24) is 14.5 Å². The molecule has 0 spiro atoms. The number of aliphatic imine (C=N–C) groups is 2. The summed E-state index contributed by atoms with van der Waals surface area (Å²) >= 11 is 0. The van der Waals surface area contributed by atoms with Crippen molar-refractivity contribution in [2.75, 3.05) is 19.7 Å². The van der Waals surface area contributed by atoms with Crippen LogP contribution < -0.4 is 0 Å². The molecule has 4 rings (SSSR count). The second kappa shape index (κ2) is 4.90. The number of ether oxygens (including phenoxy) is 1. The Morgan fingerprint density at radius 3 is 3.14 bits per heavy atom. The average molecular weight is 291 g/mol. The Balaban J connectivity index is 1.68. The highest BCUT2D eigenvalue weighted by Gasteiger charge is 2.37. The summed E-state index contributed by atoms with van der Waals surface area (Å²) in [5.41, 5.74) is 0.753. The third kappa shape index (κ3) is 1.98. The minimum atomic E-state index is -0.672. The predicted molar refractivity (Wildman–Crippen MR) is 74.7 cm³/mol. The van der Waals surface area contributed by atoms with Gasteiger partial charge in [-0.25, -0.2) is 9.98 Å². The molecule has 0 aromatic carbocycles. The van der Waals surface area contributed by atoms with Gasteiger partial charge in [0.25, 0.3) is 0 Å². The van der Waals surface area contributed by atoms with Crippen LogP contribution >= 0.6 is 0 Å². The molecule has 1 aromatic heterocycles. The molecule has 8 heteroatoms. The van der Waals surface area contributed by atoms with E-state index in [2.05, 4.69) is 15.0 Å². The molecule has 0 unspecified atom stereocenters. The summed E-state index contributed by atoms with van der Waals surface area (Å²) in [5.74, 6) is 1.55. The zero-order chi connectivity index (χ0) is 14.4. The molecule has 8 nitrogen and oxygen atoms in total. The van der Waals surface area contributed by atoms with E-state index in [1.54, 1.807) is 17.2 Å². The van der Waals surface area contributed by atoms with E-state index in [1.807, 2.05) is 4.90 Å². The average Bonchev–Trinajstić information content (AvgIpc) is 3.10. The van der Waals surface area contributed by atoms with Gasteiger partial charge >= 0.3 is 0 Å². The highest BCUT2D eigenvalue weighted by Crippen LogP contribution is 2.35. The van der Waals surface area contributed by atoms with Gasteiger partial charge in [-0.1, -0.05) is 0 Å². The second-order valence-electron chi connectivity index (χ2n) is 5.44. The number of amidine groups is 1. The van der Waals surface area contributed by atoms with Gasteiger partial charge in [0.15, 0.2) is 17.3 Å². The number of hydrogen-bond donors (Lipinski definition) is 2. The van der Waals surface area contributed by atoms with E-state index in [4.69, 9.17) is 4.74 Å². The molecule has 4 heterocycles. The second-order valence-corrected chi connectivity index (χ2v) is 5.44. The number of aliphatic hydroxyl groups is 2. The van der Waals surface area contributed by atoms with Gasteiger partial charge in [0.05, 0.1) is 25.4 Å². The number of nitrogens with zero attached hydrogens (tertiary/aromatic N) is 5. The maximum absolute atomic E-state index is 9.86. The molecular weight excluding hydrogens is 274 g/mol. The van der Waals surface area contributed by atoms with Crippen molar-refractivity contribution in [3.63, 3.8) is 0 Å². The third-order valence-corrected chi connectivity index (χ3v) is 4.08. The summed E-state index contributed by atoms with van der Waals surface area (Å²) in [7, 11) is 0. The van der Waals surface area contributed by atoms with E-state index in [0.717, 1.165) is 31.0 Å². The van der Waals surface area contributed by atoms with Crippen LogP contribution in [0.5, 0.6) is 0 Å². The number of aromatic nitrogens is 2. The molecule has 3 aliphatic heterocycles. The van der Waals surface area contributed by atoms with Crippen LogP contribution in [-0.4, -0.2) is 68.7 Å². The van der Waals surface area contributed by atoms with Gasteiger partial charge in [-0.05, 0) is 6.42 Å². The highest BCUT2D eigenvalue weighted by molar-refractivity contribution is 6.09. The molecule has 3 atom stereocenters. The Labute approximate surface area is 121 Å². The van der Waals surface area contributed by atoms with Gasteiger partial charge in [-0.2, -0.15) is 0 Å². The van der Waals surface area contributed by atoms with Crippen LogP contribution in [0.1, 0.15) is 24.8 Å². The molecule has 1 saturated heterocycles. The molecule has 112 valence electrons. The lowest BCUT2D eigenvalue weighted by Crippen LogP contribution is -2.37. The van der Waals surface area contributed by atoms with Crippen molar-refractivity contribution in [1.29, 1.82) is 0 Å². The number of rotatable bonds is 2. The van der Waals surface area contributed by atoms with E-state index in [1.165, 1.54) is 0 Å². The Morgan fingerprint density at radius 2 is 2.33 bits per heavy atom. The fourth-order valence-corrected chi connectivity index (χ4v) is 2.97. The first-order valence-electron chi connectivity index (χ1n) is 7.15. The first-order chi connectivity index (χ1) is 10.3. The van der Waals surface area contributed by atoms with Gasteiger partial charge in [0, 0.05) is 19.5 Å². The minimum absolute atomic E-state index is 0.196. The Bertz CT molecular complexity index is 611. The fraction of sp³-hybridized carbons (Fsp3) is 0.615. The third-order valence-electron chi connectivity index (χ3n) is 4.08. The summed E-state index contributed by atoms with van der Waals surface area (Å²) in [6.45, 7) is 1.51. The van der Waals surface area contributed by atoms with Gasteiger partial charge in [-0.15, -0.1) is 0 Å². The normalized spacial score (nSPS) is 31.0. The van der Waals surface area contributed by atoms with E-state index < -0.39 is 12.2 Å². The van der Waals surface area contributed by atoms with Crippen molar-refractivity contribution in [2.24, 2.45) is 9.98 Å². The number of fused-ring (bicyclic) bond motifs is 3. The SMILES string of the molecule is OC[C@H]1O[C@@H](n2cnc3c2N=CN2CCCN=C32)C[C@@H]1O. The van der Waals surface area contributed by atoms with Crippen molar-refractivity contribution in [2.45, 2.75) is 31.3 Å².